The number of hydrogen-bond acceptors (Lipinski definition) is 5. The van der Waals surface area contributed by atoms with Gasteiger partial charge in [0.2, 0.25) is 0 Å². The zero-order chi connectivity index (χ0) is 21.2. The third-order valence-electron chi connectivity index (χ3n) is 6.01. The Labute approximate surface area is 185 Å². The Kier molecular flexibility index (Phi) is 5.57. The van der Waals surface area contributed by atoms with Crippen LogP contribution in [-0.2, 0) is 25.9 Å². The second-order valence-electron chi connectivity index (χ2n) is 7.98. The molecule has 4 aromatic rings. The molecule has 0 aliphatic heterocycles. The summed E-state index contributed by atoms with van der Waals surface area (Å²) in [5.74, 6) is 0.786. The molecule has 0 radical (unpaired) electrons. The summed E-state index contributed by atoms with van der Waals surface area (Å²) in [6.45, 7) is 1.33. The number of nitrogens with one attached hydrogen (secondary N) is 1. The van der Waals surface area contributed by atoms with E-state index in [4.69, 9.17) is 4.74 Å². The van der Waals surface area contributed by atoms with Gasteiger partial charge in [-0.25, -0.2) is 4.98 Å². The summed E-state index contributed by atoms with van der Waals surface area (Å²) in [4.78, 5) is 20.1. The van der Waals surface area contributed by atoms with Gasteiger partial charge in [0, 0.05) is 23.0 Å². The largest absolute Gasteiger partial charge is 0.496 e. The molecular formula is C25H25N3O2S. The SMILES string of the molecule is COc1ccccc1Cn1cnc2sc3c(c2c1=O)CCC(NCc1ccccc1)C3. The average Bonchev–Trinajstić information content (AvgIpc) is 3.19. The van der Waals surface area contributed by atoms with Crippen molar-refractivity contribution in [2.24, 2.45) is 0 Å². The summed E-state index contributed by atoms with van der Waals surface area (Å²) in [6, 6.07) is 18.7. The van der Waals surface area contributed by atoms with Gasteiger partial charge in [0.25, 0.3) is 5.56 Å². The minimum Gasteiger partial charge on any atom is -0.496 e. The van der Waals surface area contributed by atoms with Crippen LogP contribution in [0.2, 0.25) is 0 Å². The lowest BCUT2D eigenvalue weighted by molar-refractivity contribution is 0.408. The van der Waals surface area contributed by atoms with E-state index in [-0.39, 0.29) is 5.56 Å². The van der Waals surface area contributed by atoms with E-state index in [0.717, 1.165) is 47.3 Å². The van der Waals surface area contributed by atoms with E-state index in [1.807, 2.05) is 30.3 Å². The normalized spacial score (nSPS) is 15.7. The number of benzene rings is 2. The number of para-hydroxylation sites is 1. The van der Waals surface area contributed by atoms with Gasteiger partial charge < -0.3 is 10.1 Å². The van der Waals surface area contributed by atoms with Crippen LogP contribution < -0.4 is 15.6 Å². The number of fused-ring (bicyclic) bond motifs is 3. The van der Waals surface area contributed by atoms with Crippen LogP contribution in [0.5, 0.6) is 5.75 Å². The molecule has 2 aromatic carbocycles. The summed E-state index contributed by atoms with van der Waals surface area (Å²) in [6.07, 6.45) is 4.57. The molecule has 1 atom stereocenters. The number of thiophene rings is 1. The van der Waals surface area contributed by atoms with Crippen molar-refractivity contribution in [3.8, 4) is 5.75 Å². The molecule has 5 rings (SSSR count). The second kappa shape index (κ2) is 8.65. The summed E-state index contributed by atoms with van der Waals surface area (Å²) in [5.41, 5.74) is 3.52. The van der Waals surface area contributed by atoms with Crippen molar-refractivity contribution in [1.82, 2.24) is 14.9 Å². The maximum Gasteiger partial charge on any atom is 0.262 e. The van der Waals surface area contributed by atoms with E-state index in [1.165, 1.54) is 16.0 Å². The molecule has 1 unspecified atom stereocenters. The Morgan fingerprint density at radius 2 is 1.97 bits per heavy atom. The first-order chi connectivity index (χ1) is 15.2. The van der Waals surface area contributed by atoms with Crippen molar-refractivity contribution in [3.63, 3.8) is 0 Å². The zero-order valence-electron chi connectivity index (χ0n) is 17.5. The zero-order valence-corrected chi connectivity index (χ0v) is 18.3. The maximum atomic E-state index is 13.3. The maximum absolute atomic E-state index is 13.3. The van der Waals surface area contributed by atoms with Crippen LogP contribution in [0.4, 0.5) is 0 Å². The number of ether oxygens (including phenoxy) is 1. The Bertz CT molecular complexity index is 1260. The van der Waals surface area contributed by atoms with Crippen LogP contribution in [-0.4, -0.2) is 22.7 Å². The molecule has 0 spiro atoms. The summed E-state index contributed by atoms with van der Waals surface area (Å²) in [7, 11) is 1.65. The van der Waals surface area contributed by atoms with Gasteiger partial charge in [-0.15, -0.1) is 11.3 Å². The number of rotatable bonds is 6. The van der Waals surface area contributed by atoms with Gasteiger partial charge in [-0.3, -0.25) is 9.36 Å². The monoisotopic (exact) mass is 431 g/mol. The molecule has 1 N–H and O–H groups in total. The minimum atomic E-state index is 0.0455. The van der Waals surface area contributed by atoms with Gasteiger partial charge in [0.1, 0.15) is 10.6 Å². The lowest BCUT2D eigenvalue weighted by atomic mass is 9.93. The quantitative estimate of drug-likeness (QED) is 0.498. The summed E-state index contributed by atoms with van der Waals surface area (Å²) >= 11 is 1.67. The van der Waals surface area contributed by atoms with E-state index < -0.39 is 0 Å². The molecule has 158 valence electrons. The van der Waals surface area contributed by atoms with Crippen LogP contribution in [0.3, 0.4) is 0 Å². The number of hydrogen-bond donors (Lipinski definition) is 1. The summed E-state index contributed by atoms with van der Waals surface area (Å²) < 4.78 is 7.15. The highest BCUT2D eigenvalue weighted by molar-refractivity contribution is 7.18. The van der Waals surface area contributed by atoms with Crippen molar-refractivity contribution in [3.05, 3.63) is 92.8 Å². The Balaban J connectivity index is 1.39. The van der Waals surface area contributed by atoms with Crippen LogP contribution in [0.25, 0.3) is 10.2 Å². The lowest BCUT2D eigenvalue weighted by Gasteiger charge is -2.23. The van der Waals surface area contributed by atoms with Crippen LogP contribution in [0, 0.1) is 0 Å². The molecular weight excluding hydrogens is 406 g/mol. The first-order valence-electron chi connectivity index (χ1n) is 10.6. The van der Waals surface area contributed by atoms with Gasteiger partial charge in [0.05, 0.1) is 25.4 Å². The standard InChI is InChI=1S/C25H25N3O2S/c1-30-21-10-6-5-9-18(21)15-28-16-27-24-23(25(28)29)20-12-11-19(13-22(20)31-24)26-14-17-7-3-2-4-8-17/h2-10,16,19,26H,11-15H2,1H3. The molecule has 5 nitrogen and oxygen atoms in total. The molecule has 31 heavy (non-hydrogen) atoms. The summed E-state index contributed by atoms with van der Waals surface area (Å²) in [5, 5.41) is 4.49. The smallest absolute Gasteiger partial charge is 0.262 e. The molecule has 6 heteroatoms. The van der Waals surface area contributed by atoms with E-state index in [9.17, 15) is 4.79 Å². The van der Waals surface area contributed by atoms with Gasteiger partial charge in [-0.1, -0.05) is 48.5 Å². The predicted molar refractivity (Wildman–Crippen MR) is 125 cm³/mol. The first kappa shape index (κ1) is 20.0. The van der Waals surface area contributed by atoms with Crippen molar-refractivity contribution >= 4 is 21.6 Å². The van der Waals surface area contributed by atoms with Crippen molar-refractivity contribution in [2.75, 3.05) is 7.11 Å². The molecule has 1 aliphatic carbocycles. The number of methoxy groups -OCH3 is 1. The Hall–Kier alpha value is -2.96. The number of nitrogens with zero attached hydrogens (tertiary/aromatic N) is 2. The third-order valence-corrected chi connectivity index (χ3v) is 7.17. The van der Waals surface area contributed by atoms with Crippen molar-refractivity contribution < 1.29 is 4.74 Å². The van der Waals surface area contributed by atoms with Crippen molar-refractivity contribution in [1.29, 1.82) is 0 Å². The molecule has 2 heterocycles. The second-order valence-corrected chi connectivity index (χ2v) is 9.06. The van der Waals surface area contributed by atoms with Crippen LogP contribution >= 0.6 is 11.3 Å². The van der Waals surface area contributed by atoms with E-state index in [2.05, 4.69) is 34.6 Å². The van der Waals surface area contributed by atoms with Gasteiger partial charge >= 0.3 is 0 Å². The number of aromatic nitrogens is 2. The van der Waals surface area contributed by atoms with Crippen LogP contribution in [0.1, 0.15) is 28.0 Å². The minimum absolute atomic E-state index is 0.0455. The fourth-order valence-corrected chi connectivity index (χ4v) is 5.62. The highest BCUT2D eigenvalue weighted by atomic mass is 32.1. The first-order valence-corrected chi connectivity index (χ1v) is 11.4. The van der Waals surface area contributed by atoms with Gasteiger partial charge in [-0.2, -0.15) is 0 Å². The van der Waals surface area contributed by atoms with E-state index >= 15 is 0 Å². The molecule has 0 bridgehead atoms. The highest BCUT2D eigenvalue weighted by Crippen LogP contribution is 2.34. The predicted octanol–water partition coefficient (Wildman–Crippen LogP) is 4.16. The lowest BCUT2D eigenvalue weighted by Crippen LogP contribution is -2.33. The van der Waals surface area contributed by atoms with E-state index in [0.29, 0.717) is 12.6 Å². The van der Waals surface area contributed by atoms with Gasteiger partial charge in [0.15, 0.2) is 0 Å². The molecule has 0 fully saturated rings. The fourth-order valence-electron chi connectivity index (χ4n) is 4.36. The van der Waals surface area contributed by atoms with Gasteiger partial charge in [-0.05, 0) is 36.5 Å². The molecule has 0 saturated heterocycles. The molecule has 0 amide bonds. The van der Waals surface area contributed by atoms with Crippen LogP contribution in [0.15, 0.2) is 65.7 Å². The Morgan fingerprint density at radius 1 is 1.16 bits per heavy atom. The molecule has 2 aromatic heterocycles. The molecule has 0 saturated carbocycles. The topological polar surface area (TPSA) is 56.2 Å². The Morgan fingerprint density at radius 3 is 2.81 bits per heavy atom. The van der Waals surface area contributed by atoms with Crippen molar-refractivity contribution in [2.45, 2.75) is 38.4 Å². The highest BCUT2D eigenvalue weighted by Gasteiger charge is 2.25. The fraction of sp³-hybridized carbons (Fsp3) is 0.280. The number of aryl methyl sites for hydroxylation is 1. The average molecular weight is 432 g/mol. The molecule has 1 aliphatic rings. The van der Waals surface area contributed by atoms with E-state index in [1.54, 1.807) is 29.3 Å². The third kappa shape index (κ3) is 4.01.